The molecule has 3 nitrogen and oxygen atoms in total. The molecule has 0 spiro atoms. The summed E-state index contributed by atoms with van der Waals surface area (Å²) in [5.74, 6) is 0.0976. The second-order valence-electron chi connectivity index (χ2n) is 5.65. The maximum atomic E-state index is 12.6. The van der Waals surface area contributed by atoms with Crippen molar-refractivity contribution < 1.29 is 9.53 Å². The molecule has 1 aromatic rings. The van der Waals surface area contributed by atoms with Crippen LogP contribution in [0.3, 0.4) is 0 Å². The molecule has 104 valence electrons. The number of carbonyl (C=O) groups is 1. The molecule has 19 heavy (non-hydrogen) atoms. The first-order valence-electron chi connectivity index (χ1n) is 6.51. The first kappa shape index (κ1) is 14.5. The zero-order valence-corrected chi connectivity index (χ0v) is 13.2. The molecule has 1 fully saturated rings. The number of nitrogens with zero attached hydrogens (tertiary/aromatic N) is 1. The zero-order valence-electron chi connectivity index (χ0n) is 11.6. The summed E-state index contributed by atoms with van der Waals surface area (Å²) in [4.78, 5) is 14.5. The summed E-state index contributed by atoms with van der Waals surface area (Å²) in [6.07, 6.45) is 0.0525. The molecule has 0 bridgehead atoms. The van der Waals surface area contributed by atoms with Crippen LogP contribution in [0.4, 0.5) is 0 Å². The summed E-state index contributed by atoms with van der Waals surface area (Å²) >= 11 is 3.45. The third-order valence-electron chi connectivity index (χ3n) is 3.32. The lowest BCUT2D eigenvalue weighted by Crippen LogP contribution is -2.55. The Balaban J connectivity index is 2.21. The molecule has 2 rings (SSSR count). The summed E-state index contributed by atoms with van der Waals surface area (Å²) in [6, 6.07) is 7.73. The van der Waals surface area contributed by atoms with Gasteiger partial charge in [0.2, 0.25) is 0 Å². The molecule has 0 aliphatic carbocycles. The average Bonchev–Trinajstić information content (AvgIpc) is 2.36. The van der Waals surface area contributed by atoms with E-state index in [1.807, 2.05) is 49.9 Å². The summed E-state index contributed by atoms with van der Waals surface area (Å²) in [5, 5.41) is 0.744. The number of hydrogen-bond acceptors (Lipinski definition) is 2. The third-order valence-corrected chi connectivity index (χ3v) is 4.04. The normalized spacial score (nSPS) is 22.3. The van der Waals surface area contributed by atoms with E-state index >= 15 is 0 Å². The molecule has 1 atom stereocenters. The van der Waals surface area contributed by atoms with Gasteiger partial charge in [0.05, 0.1) is 11.7 Å². The Morgan fingerprint density at radius 2 is 2.16 bits per heavy atom. The largest absolute Gasteiger partial charge is 0.368 e. The minimum Gasteiger partial charge on any atom is -0.368 e. The quantitative estimate of drug-likeness (QED) is 0.782. The minimum atomic E-state index is -0.297. The molecule has 1 aliphatic heterocycles. The molecule has 0 N–H and O–H groups in total. The van der Waals surface area contributed by atoms with Gasteiger partial charge in [0, 0.05) is 24.0 Å². The first-order valence-corrected chi connectivity index (χ1v) is 7.64. The van der Waals surface area contributed by atoms with E-state index in [9.17, 15) is 4.79 Å². The van der Waals surface area contributed by atoms with E-state index < -0.39 is 0 Å². The van der Waals surface area contributed by atoms with Crippen LogP contribution in [0.15, 0.2) is 24.3 Å². The van der Waals surface area contributed by atoms with E-state index in [0.717, 1.165) is 16.5 Å². The highest BCUT2D eigenvalue weighted by molar-refractivity contribution is 9.09. The fourth-order valence-electron chi connectivity index (χ4n) is 2.51. The standard InChI is InChI=1S/C15H20BrNO2/c1-11-6-4-5-7-13(11)14(18)17-9-12(8-16)19-15(2,3)10-17/h4-7,12H,8-10H2,1-3H3. The van der Waals surface area contributed by atoms with Gasteiger partial charge in [-0.2, -0.15) is 0 Å². The summed E-state index contributed by atoms with van der Waals surface area (Å²) in [6.45, 7) is 7.30. The van der Waals surface area contributed by atoms with Gasteiger partial charge in [-0.3, -0.25) is 4.79 Å². The number of hydrogen-bond donors (Lipinski definition) is 0. The highest BCUT2D eigenvalue weighted by Gasteiger charge is 2.35. The predicted octanol–water partition coefficient (Wildman–Crippen LogP) is 3.01. The van der Waals surface area contributed by atoms with Gasteiger partial charge in [0.25, 0.3) is 5.91 Å². The van der Waals surface area contributed by atoms with Crippen LogP contribution in [0.5, 0.6) is 0 Å². The molecule has 1 unspecified atom stereocenters. The number of benzene rings is 1. The molecule has 0 aromatic heterocycles. The molecule has 1 heterocycles. The summed E-state index contributed by atoms with van der Waals surface area (Å²) < 4.78 is 5.93. The number of carbonyl (C=O) groups excluding carboxylic acids is 1. The number of amides is 1. The lowest BCUT2D eigenvalue weighted by Gasteiger charge is -2.42. The molecular weight excluding hydrogens is 306 g/mol. The highest BCUT2D eigenvalue weighted by atomic mass is 79.9. The maximum Gasteiger partial charge on any atom is 0.254 e. The predicted molar refractivity (Wildman–Crippen MR) is 79.8 cm³/mol. The van der Waals surface area contributed by atoms with Crippen molar-refractivity contribution in [2.45, 2.75) is 32.5 Å². The van der Waals surface area contributed by atoms with Crippen molar-refractivity contribution in [3.8, 4) is 0 Å². The Kier molecular flexibility index (Phi) is 4.31. The van der Waals surface area contributed by atoms with Gasteiger partial charge in [-0.1, -0.05) is 34.1 Å². The van der Waals surface area contributed by atoms with Crippen molar-refractivity contribution in [3.63, 3.8) is 0 Å². The Hall–Kier alpha value is -0.870. The SMILES string of the molecule is Cc1ccccc1C(=O)N1CC(CBr)OC(C)(C)C1. The maximum absolute atomic E-state index is 12.6. The topological polar surface area (TPSA) is 29.5 Å². The number of halogens is 1. The van der Waals surface area contributed by atoms with Crippen LogP contribution in [0, 0.1) is 6.92 Å². The Labute approximate surface area is 123 Å². The van der Waals surface area contributed by atoms with Crippen LogP contribution in [-0.4, -0.2) is 40.9 Å². The van der Waals surface area contributed by atoms with Crippen molar-refractivity contribution in [2.24, 2.45) is 0 Å². The van der Waals surface area contributed by atoms with Crippen molar-refractivity contribution in [1.29, 1.82) is 0 Å². The molecular formula is C15H20BrNO2. The molecule has 1 aliphatic rings. The van der Waals surface area contributed by atoms with Crippen LogP contribution in [-0.2, 0) is 4.74 Å². The van der Waals surface area contributed by atoms with Crippen LogP contribution < -0.4 is 0 Å². The fourth-order valence-corrected chi connectivity index (χ4v) is 2.85. The monoisotopic (exact) mass is 325 g/mol. The van der Waals surface area contributed by atoms with Crippen LogP contribution in [0.1, 0.15) is 29.8 Å². The molecule has 4 heteroatoms. The Bertz CT molecular complexity index is 473. The molecule has 0 radical (unpaired) electrons. The van der Waals surface area contributed by atoms with Crippen LogP contribution >= 0.6 is 15.9 Å². The van der Waals surface area contributed by atoms with Gasteiger partial charge in [-0.25, -0.2) is 0 Å². The van der Waals surface area contributed by atoms with Crippen molar-refractivity contribution in [3.05, 3.63) is 35.4 Å². The van der Waals surface area contributed by atoms with Gasteiger partial charge in [0.1, 0.15) is 0 Å². The van der Waals surface area contributed by atoms with E-state index in [2.05, 4.69) is 15.9 Å². The second-order valence-corrected chi connectivity index (χ2v) is 6.30. The lowest BCUT2D eigenvalue weighted by atomic mass is 10.0. The van der Waals surface area contributed by atoms with Crippen molar-refractivity contribution >= 4 is 21.8 Å². The number of morpholine rings is 1. The first-order chi connectivity index (χ1) is 8.93. The highest BCUT2D eigenvalue weighted by Crippen LogP contribution is 2.24. The summed E-state index contributed by atoms with van der Waals surface area (Å²) in [5.41, 5.74) is 1.51. The third kappa shape index (κ3) is 3.37. The van der Waals surface area contributed by atoms with Gasteiger partial charge in [-0.15, -0.1) is 0 Å². The van der Waals surface area contributed by atoms with Gasteiger partial charge >= 0.3 is 0 Å². The fraction of sp³-hybridized carbons (Fsp3) is 0.533. The van der Waals surface area contributed by atoms with Gasteiger partial charge in [-0.05, 0) is 32.4 Å². The molecule has 0 saturated carbocycles. The van der Waals surface area contributed by atoms with Gasteiger partial charge < -0.3 is 9.64 Å². The Morgan fingerprint density at radius 3 is 2.79 bits per heavy atom. The molecule has 1 amide bonds. The van der Waals surface area contributed by atoms with Crippen LogP contribution in [0.2, 0.25) is 0 Å². The Morgan fingerprint density at radius 1 is 1.47 bits per heavy atom. The lowest BCUT2D eigenvalue weighted by molar-refractivity contribution is -0.116. The number of aryl methyl sites for hydroxylation is 1. The van der Waals surface area contributed by atoms with E-state index in [0.29, 0.717) is 13.1 Å². The zero-order chi connectivity index (χ0) is 14.0. The van der Waals surface area contributed by atoms with Crippen molar-refractivity contribution in [2.75, 3.05) is 18.4 Å². The van der Waals surface area contributed by atoms with E-state index in [-0.39, 0.29) is 17.6 Å². The summed E-state index contributed by atoms with van der Waals surface area (Å²) in [7, 11) is 0. The van der Waals surface area contributed by atoms with Crippen molar-refractivity contribution in [1.82, 2.24) is 4.90 Å². The molecule has 1 aromatic carbocycles. The van der Waals surface area contributed by atoms with E-state index in [1.165, 1.54) is 0 Å². The number of ether oxygens (including phenoxy) is 1. The second kappa shape index (κ2) is 5.63. The van der Waals surface area contributed by atoms with E-state index in [4.69, 9.17) is 4.74 Å². The van der Waals surface area contributed by atoms with E-state index in [1.54, 1.807) is 0 Å². The minimum absolute atomic E-state index is 0.0525. The average molecular weight is 326 g/mol. The van der Waals surface area contributed by atoms with Gasteiger partial charge in [0.15, 0.2) is 0 Å². The number of rotatable bonds is 2. The number of alkyl halides is 1. The molecule has 1 saturated heterocycles. The smallest absolute Gasteiger partial charge is 0.254 e. The van der Waals surface area contributed by atoms with Crippen LogP contribution in [0.25, 0.3) is 0 Å².